The average molecular weight is 278 g/mol. The zero-order valence-electron chi connectivity index (χ0n) is 11.0. The number of nitrogens with one attached hydrogen (secondary N) is 1. The first-order valence-electron chi connectivity index (χ1n) is 7.00. The SMILES string of the molecule is NC(=NCC1(c2ccc(Cl)cc2)CCC1)NC1CC1. The highest BCUT2D eigenvalue weighted by Crippen LogP contribution is 2.44. The van der Waals surface area contributed by atoms with Crippen LogP contribution in [0.15, 0.2) is 29.3 Å². The van der Waals surface area contributed by atoms with Crippen LogP contribution in [0, 0.1) is 0 Å². The van der Waals surface area contributed by atoms with E-state index in [0.717, 1.165) is 11.6 Å². The van der Waals surface area contributed by atoms with Crippen molar-refractivity contribution in [3.63, 3.8) is 0 Å². The third-order valence-corrected chi connectivity index (χ3v) is 4.50. The summed E-state index contributed by atoms with van der Waals surface area (Å²) >= 11 is 5.96. The molecule has 3 rings (SSSR count). The third-order valence-electron chi connectivity index (χ3n) is 4.25. The fourth-order valence-electron chi connectivity index (χ4n) is 2.66. The number of guanidine groups is 1. The minimum Gasteiger partial charge on any atom is -0.370 e. The fourth-order valence-corrected chi connectivity index (χ4v) is 2.79. The number of rotatable bonds is 4. The molecule has 0 heterocycles. The summed E-state index contributed by atoms with van der Waals surface area (Å²) < 4.78 is 0. The predicted octanol–water partition coefficient (Wildman–Crippen LogP) is 2.83. The number of nitrogens with two attached hydrogens (primary N) is 1. The molecule has 2 aliphatic rings. The second-order valence-corrected chi connectivity index (χ2v) is 6.20. The van der Waals surface area contributed by atoms with Crippen LogP contribution in [0.4, 0.5) is 0 Å². The Balaban J connectivity index is 1.70. The molecule has 1 aromatic rings. The summed E-state index contributed by atoms with van der Waals surface area (Å²) in [6.07, 6.45) is 6.09. The predicted molar refractivity (Wildman–Crippen MR) is 79.6 cm³/mol. The molecule has 3 N–H and O–H groups in total. The number of hydrogen-bond acceptors (Lipinski definition) is 1. The van der Waals surface area contributed by atoms with E-state index in [1.54, 1.807) is 0 Å². The van der Waals surface area contributed by atoms with Gasteiger partial charge in [-0.2, -0.15) is 0 Å². The van der Waals surface area contributed by atoms with E-state index < -0.39 is 0 Å². The van der Waals surface area contributed by atoms with Crippen molar-refractivity contribution in [2.24, 2.45) is 10.7 Å². The maximum absolute atomic E-state index is 5.96. The number of aliphatic imine (C=N–C) groups is 1. The minimum atomic E-state index is 0.181. The molecular formula is C15H20ClN3. The van der Waals surface area contributed by atoms with Crippen molar-refractivity contribution < 1.29 is 0 Å². The van der Waals surface area contributed by atoms with Crippen molar-refractivity contribution in [3.05, 3.63) is 34.9 Å². The molecule has 2 saturated carbocycles. The Morgan fingerprint density at radius 3 is 2.53 bits per heavy atom. The van der Waals surface area contributed by atoms with Gasteiger partial charge in [-0.05, 0) is 43.4 Å². The van der Waals surface area contributed by atoms with Crippen LogP contribution in [0.25, 0.3) is 0 Å². The molecule has 102 valence electrons. The van der Waals surface area contributed by atoms with Crippen LogP contribution >= 0.6 is 11.6 Å². The second kappa shape index (κ2) is 5.04. The van der Waals surface area contributed by atoms with Crippen molar-refractivity contribution in [1.29, 1.82) is 0 Å². The van der Waals surface area contributed by atoms with E-state index in [1.165, 1.54) is 37.7 Å². The topological polar surface area (TPSA) is 50.4 Å². The van der Waals surface area contributed by atoms with Gasteiger partial charge >= 0.3 is 0 Å². The van der Waals surface area contributed by atoms with E-state index in [9.17, 15) is 0 Å². The van der Waals surface area contributed by atoms with E-state index >= 15 is 0 Å². The van der Waals surface area contributed by atoms with Crippen LogP contribution in [0.2, 0.25) is 5.02 Å². The van der Waals surface area contributed by atoms with Crippen LogP contribution in [-0.2, 0) is 5.41 Å². The molecule has 0 unspecified atom stereocenters. The van der Waals surface area contributed by atoms with E-state index in [-0.39, 0.29) is 5.41 Å². The van der Waals surface area contributed by atoms with Crippen LogP contribution in [-0.4, -0.2) is 18.5 Å². The second-order valence-electron chi connectivity index (χ2n) is 5.76. The smallest absolute Gasteiger partial charge is 0.188 e. The minimum absolute atomic E-state index is 0.181. The Morgan fingerprint density at radius 2 is 2.00 bits per heavy atom. The Morgan fingerprint density at radius 1 is 1.32 bits per heavy atom. The molecule has 3 nitrogen and oxygen atoms in total. The van der Waals surface area contributed by atoms with Crippen LogP contribution in [0.1, 0.15) is 37.7 Å². The molecule has 0 bridgehead atoms. The van der Waals surface area contributed by atoms with Crippen molar-refractivity contribution in [1.82, 2.24) is 5.32 Å². The largest absolute Gasteiger partial charge is 0.370 e. The Kier molecular flexibility index (Phi) is 3.40. The van der Waals surface area contributed by atoms with Crippen LogP contribution < -0.4 is 11.1 Å². The Labute approximate surface area is 119 Å². The molecule has 0 aliphatic heterocycles. The zero-order valence-corrected chi connectivity index (χ0v) is 11.8. The molecule has 2 aliphatic carbocycles. The van der Waals surface area contributed by atoms with Gasteiger partial charge in [0.05, 0.1) is 6.54 Å². The van der Waals surface area contributed by atoms with Gasteiger partial charge in [0.25, 0.3) is 0 Å². The van der Waals surface area contributed by atoms with Crippen molar-refractivity contribution in [2.45, 2.75) is 43.6 Å². The molecular weight excluding hydrogens is 258 g/mol. The normalized spacial score (nSPS) is 21.8. The van der Waals surface area contributed by atoms with Gasteiger partial charge in [0, 0.05) is 16.5 Å². The van der Waals surface area contributed by atoms with Gasteiger partial charge in [-0.1, -0.05) is 30.2 Å². The van der Waals surface area contributed by atoms with Gasteiger partial charge in [0.1, 0.15) is 0 Å². The molecule has 19 heavy (non-hydrogen) atoms. The van der Waals surface area contributed by atoms with Gasteiger partial charge < -0.3 is 11.1 Å². The first-order valence-corrected chi connectivity index (χ1v) is 7.38. The van der Waals surface area contributed by atoms with E-state index in [4.69, 9.17) is 17.3 Å². The standard InChI is InChI=1S/C15H20ClN3/c16-12-4-2-11(3-5-12)15(8-1-9-15)10-18-14(17)19-13-6-7-13/h2-5,13H,1,6-10H2,(H3,17,18,19). The molecule has 4 heteroatoms. The summed E-state index contributed by atoms with van der Waals surface area (Å²) in [4.78, 5) is 4.55. The first kappa shape index (κ1) is 12.8. The molecule has 0 radical (unpaired) electrons. The zero-order chi connectivity index (χ0) is 13.3. The lowest BCUT2D eigenvalue weighted by atomic mass is 9.64. The number of benzene rings is 1. The number of nitrogens with zero attached hydrogens (tertiary/aromatic N) is 1. The summed E-state index contributed by atoms with van der Waals surface area (Å²) in [6, 6.07) is 8.75. The molecule has 2 fully saturated rings. The van der Waals surface area contributed by atoms with E-state index in [2.05, 4.69) is 22.4 Å². The molecule has 0 atom stereocenters. The summed E-state index contributed by atoms with van der Waals surface area (Å²) in [6.45, 7) is 0.778. The van der Waals surface area contributed by atoms with Gasteiger partial charge in [-0.25, -0.2) is 0 Å². The molecule has 0 spiro atoms. The summed E-state index contributed by atoms with van der Waals surface area (Å²) in [5, 5.41) is 4.03. The number of hydrogen-bond donors (Lipinski definition) is 2. The van der Waals surface area contributed by atoms with Crippen molar-refractivity contribution >= 4 is 17.6 Å². The molecule has 1 aromatic carbocycles. The summed E-state index contributed by atoms with van der Waals surface area (Å²) in [7, 11) is 0. The highest BCUT2D eigenvalue weighted by molar-refractivity contribution is 6.30. The van der Waals surface area contributed by atoms with Gasteiger partial charge in [0.2, 0.25) is 0 Å². The van der Waals surface area contributed by atoms with E-state index in [0.29, 0.717) is 12.0 Å². The van der Waals surface area contributed by atoms with Crippen molar-refractivity contribution in [3.8, 4) is 0 Å². The Hall–Kier alpha value is -1.22. The quantitative estimate of drug-likeness (QED) is 0.657. The summed E-state index contributed by atoms with van der Waals surface area (Å²) in [5.74, 6) is 0.600. The lowest BCUT2D eigenvalue weighted by Gasteiger charge is -2.41. The first-order chi connectivity index (χ1) is 9.18. The van der Waals surface area contributed by atoms with Gasteiger partial charge in [-0.3, -0.25) is 4.99 Å². The highest BCUT2D eigenvalue weighted by Gasteiger charge is 2.38. The van der Waals surface area contributed by atoms with Crippen LogP contribution in [0.5, 0.6) is 0 Å². The third kappa shape index (κ3) is 2.86. The Bertz CT molecular complexity index is 473. The van der Waals surface area contributed by atoms with Crippen LogP contribution in [0.3, 0.4) is 0 Å². The number of halogens is 1. The average Bonchev–Trinajstić information content (AvgIpc) is 3.14. The lowest BCUT2D eigenvalue weighted by molar-refractivity contribution is 0.253. The van der Waals surface area contributed by atoms with Crippen molar-refractivity contribution in [2.75, 3.05) is 6.54 Å². The maximum atomic E-state index is 5.96. The maximum Gasteiger partial charge on any atom is 0.188 e. The van der Waals surface area contributed by atoms with Gasteiger partial charge in [0.15, 0.2) is 5.96 Å². The molecule has 0 aromatic heterocycles. The van der Waals surface area contributed by atoms with Gasteiger partial charge in [-0.15, -0.1) is 0 Å². The molecule has 0 amide bonds. The molecule has 0 saturated heterocycles. The van der Waals surface area contributed by atoms with E-state index in [1.807, 2.05) is 12.1 Å². The summed E-state index contributed by atoms with van der Waals surface area (Å²) in [5.41, 5.74) is 7.44. The lowest BCUT2D eigenvalue weighted by Crippen LogP contribution is -2.40. The monoisotopic (exact) mass is 277 g/mol. The fraction of sp³-hybridized carbons (Fsp3) is 0.533. The highest BCUT2D eigenvalue weighted by atomic mass is 35.5.